The molecule has 0 saturated heterocycles. The number of nitrogens with one attached hydrogen (secondary N) is 1. The molecule has 2 rings (SSSR count). The summed E-state index contributed by atoms with van der Waals surface area (Å²) in [5.74, 6) is 0. The number of hydrogen-bond donors (Lipinski definition) is 1. The zero-order valence-corrected chi connectivity index (χ0v) is 11.2. The highest BCUT2D eigenvalue weighted by molar-refractivity contribution is 7.07. The molecule has 0 radical (unpaired) electrons. The molecule has 0 aliphatic carbocycles. The first kappa shape index (κ1) is 12.2. The van der Waals surface area contributed by atoms with Crippen LogP contribution in [0.25, 0.3) is 0 Å². The van der Waals surface area contributed by atoms with Crippen molar-refractivity contribution in [2.45, 2.75) is 32.9 Å². The summed E-state index contributed by atoms with van der Waals surface area (Å²) in [4.78, 5) is 8.66. The van der Waals surface area contributed by atoms with Crippen LogP contribution in [-0.4, -0.2) is 9.97 Å². The lowest BCUT2D eigenvalue weighted by Crippen LogP contribution is -2.23. The van der Waals surface area contributed by atoms with Crippen LogP contribution >= 0.6 is 11.3 Å². The molecule has 0 amide bonds. The Labute approximate surface area is 106 Å². The largest absolute Gasteiger partial charge is 0.302 e. The minimum absolute atomic E-state index is 0.207. The summed E-state index contributed by atoms with van der Waals surface area (Å²) >= 11 is 1.73. The van der Waals surface area contributed by atoms with Crippen molar-refractivity contribution in [2.24, 2.45) is 0 Å². The van der Waals surface area contributed by atoms with Crippen LogP contribution in [0.4, 0.5) is 0 Å². The van der Waals surface area contributed by atoms with Crippen molar-refractivity contribution in [2.75, 3.05) is 0 Å². The minimum Gasteiger partial charge on any atom is -0.302 e. The molecule has 4 heteroatoms. The normalized spacial score (nSPS) is 14.5. The van der Waals surface area contributed by atoms with E-state index in [0.717, 1.165) is 11.4 Å². The summed E-state index contributed by atoms with van der Waals surface area (Å²) in [6.45, 7) is 6.29. The van der Waals surface area contributed by atoms with E-state index in [-0.39, 0.29) is 6.04 Å². The molecule has 0 fully saturated rings. The monoisotopic (exact) mass is 247 g/mol. The summed E-state index contributed by atoms with van der Waals surface area (Å²) in [6, 6.07) is 2.69. The molecule has 2 aromatic heterocycles. The van der Waals surface area contributed by atoms with Gasteiger partial charge in [0.2, 0.25) is 0 Å². The van der Waals surface area contributed by atoms with Crippen molar-refractivity contribution >= 4 is 11.3 Å². The third-order valence-electron chi connectivity index (χ3n) is 2.87. The molecule has 2 heterocycles. The number of rotatable bonds is 4. The number of hydrogen-bond acceptors (Lipinski definition) is 4. The Morgan fingerprint density at radius 3 is 2.59 bits per heavy atom. The predicted octanol–water partition coefficient (Wildman–Crippen LogP) is 3.26. The Morgan fingerprint density at radius 1 is 1.18 bits per heavy atom. The highest BCUT2D eigenvalue weighted by atomic mass is 32.1. The van der Waals surface area contributed by atoms with Gasteiger partial charge in [-0.25, -0.2) is 0 Å². The second-order valence-corrected chi connectivity index (χ2v) is 4.97. The smallest absolute Gasteiger partial charge is 0.0782 e. The van der Waals surface area contributed by atoms with Gasteiger partial charge in [-0.15, -0.1) is 0 Å². The van der Waals surface area contributed by atoms with Gasteiger partial charge in [-0.2, -0.15) is 11.3 Å². The summed E-state index contributed by atoms with van der Waals surface area (Å²) in [6.07, 6.45) is 3.48. The topological polar surface area (TPSA) is 37.8 Å². The maximum Gasteiger partial charge on any atom is 0.0782 e. The van der Waals surface area contributed by atoms with Crippen molar-refractivity contribution in [3.05, 3.63) is 46.2 Å². The van der Waals surface area contributed by atoms with E-state index in [4.69, 9.17) is 0 Å². The molecule has 0 bridgehead atoms. The molecular weight excluding hydrogens is 230 g/mol. The number of aryl methyl sites for hydroxylation is 1. The fraction of sp³-hybridized carbons (Fsp3) is 0.385. The van der Waals surface area contributed by atoms with E-state index in [0.29, 0.717) is 6.04 Å². The lowest BCUT2D eigenvalue weighted by molar-refractivity contribution is 0.483. The van der Waals surface area contributed by atoms with Crippen LogP contribution in [-0.2, 0) is 0 Å². The molecule has 2 aromatic rings. The molecule has 0 aliphatic heterocycles. The minimum atomic E-state index is 0.207. The Bertz CT molecular complexity index is 467. The highest BCUT2D eigenvalue weighted by Crippen LogP contribution is 2.20. The molecule has 2 atom stereocenters. The van der Waals surface area contributed by atoms with Gasteiger partial charge < -0.3 is 5.32 Å². The van der Waals surface area contributed by atoms with Gasteiger partial charge in [0.05, 0.1) is 11.4 Å². The predicted molar refractivity (Wildman–Crippen MR) is 71.1 cm³/mol. The first-order chi connectivity index (χ1) is 8.18. The highest BCUT2D eigenvalue weighted by Gasteiger charge is 2.14. The van der Waals surface area contributed by atoms with Crippen molar-refractivity contribution in [1.82, 2.24) is 15.3 Å². The van der Waals surface area contributed by atoms with E-state index in [1.807, 2.05) is 6.92 Å². The molecule has 0 aliphatic rings. The van der Waals surface area contributed by atoms with Crippen molar-refractivity contribution < 1.29 is 0 Å². The zero-order chi connectivity index (χ0) is 12.3. The van der Waals surface area contributed by atoms with Crippen LogP contribution in [0.1, 0.15) is 42.9 Å². The van der Waals surface area contributed by atoms with Gasteiger partial charge in [0.25, 0.3) is 0 Å². The average Bonchev–Trinajstić information content (AvgIpc) is 2.82. The van der Waals surface area contributed by atoms with Crippen LogP contribution in [0, 0.1) is 6.92 Å². The van der Waals surface area contributed by atoms with Gasteiger partial charge in [0.15, 0.2) is 0 Å². The Morgan fingerprint density at radius 2 is 1.94 bits per heavy atom. The lowest BCUT2D eigenvalue weighted by atomic mass is 10.1. The second-order valence-electron chi connectivity index (χ2n) is 4.19. The molecule has 3 nitrogen and oxygen atoms in total. The number of thiophene rings is 1. The van der Waals surface area contributed by atoms with Crippen LogP contribution in [0.2, 0.25) is 0 Å². The maximum atomic E-state index is 4.39. The van der Waals surface area contributed by atoms with Gasteiger partial charge in [0.1, 0.15) is 0 Å². The van der Waals surface area contributed by atoms with Crippen molar-refractivity contribution in [1.29, 1.82) is 0 Å². The third-order valence-corrected chi connectivity index (χ3v) is 3.57. The molecule has 90 valence electrons. The Balaban J connectivity index is 2.07. The van der Waals surface area contributed by atoms with Crippen molar-refractivity contribution in [3.8, 4) is 0 Å². The molecule has 17 heavy (non-hydrogen) atoms. The zero-order valence-electron chi connectivity index (χ0n) is 10.3. The first-order valence-electron chi connectivity index (χ1n) is 5.74. The number of aromatic nitrogens is 2. The fourth-order valence-corrected chi connectivity index (χ4v) is 2.67. The van der Waals surface area contributed by atoms with Gasteiger partial charge in [-0.05, 0) is 43.2 Å². The van der Waals surface area contributed by atoms with E-state index >= 15 is 0 Å². The van der Waals surface area contributed by atoms with Crippen LogP contribution in [0.5, 0.6) is 0 Å². The molecular formula is C13H17N3S. The quantitative estimate of drug-likeness (QED) is 0.901. The molecule has 0 aromatic carbocycles. The maximum absolute atomic E-state index is 4.39. The lowest BCUT2D eigenvalue weighted by Gasteiger charge is -2.19. The standard InChI is InChI=1S/C13H17N3S/c1-9(12-4-7-17-8-12)16-11(3)13-10(2)14-5-6-15-13/h4-9,11,16H,1-3H3. The van der Waals surface area contributed by atoms with E-state index in [2.05, 4.69) is 46.0 Å². The van der Waals surface area contributed by atoms with E-state index in [1.165, 1.54) is 5.56 Å². The van der Waals surface area contributed by atoms with E-state index in [1.54, 1.807) is 23.7 Å². The Hall–Kier alpha value is -1.26. The Kier molecular flexibility index (Phi) is 3.86. The first-order valence-corrected chi connectivity index (χ1v) is 6.68. The fourth-order valence-electron chi connectivity index (χ4n) is 1.92. The van der Waals surface area contributed by atoms with Crippen LogP contribution in [0.3, 0.4) is 0 Å². The van der Waals surface area contributed by atoms with Gasteiger partial charge in [0, 0.05) is 24.5 Å². The molecule has 2 unspecified atom stereocenters. The van der Waals surface area contributed by atoms with E-state index < -0.39 is 0 Å². The summed E-state index contributed by atoms with van der Waals surface area (Å²) < 4.78 is 0. The number of nitrogens with zero attached hydrogens (tertiary/aromatic N) is 2. The average molecular weight is 247 g/mol. The summed E-state index contributed by atoms with van der Waals surface area (Å²) in [5, 5.41) is 7.82. The third kappa shape index (κ3) is 2.90. The SMILES string of the molecule is Cc1nccnc1C(C)NC(C)c1ccsc1. The van der Waals surface area contributed by atoms with Crippen molar-refractivity contribution in [3.63, 3.8) is 0 Å². The summed E-state index contributed by atoms with van der Waals surface area (Å²) in [5.41, 5.74) is 3.34. The van der Waals surface area contributed by atoms with Gasteiger partial charge >= 0.3 is 0 Å². The molecule has 1 N–H and O–H groups in total. The molecule has 0 spiro atoms. The second kappa shape index (κ2) is 5.38. The van der Waals surface area contributed by atoms with Crippen LogP contribution in [0.15, 0.2) is 29.2 Å². The van der Waals surface area contributed by atoms with E-state index in [9.17, 15) is 0 Å². The summed E-state index contributed by atoms with van der Waals surface area (Å²) in [7, 11) is 0. The van der Waals surface area contributed by atoms with Gasteiger partial charge in [-0.3, -0.25) is 9.97 Å². The molecule has 0 saturated carbocycles. The van der Waals surface area contributed by atoms with Crippen LogP contribution < -0.4 is 5.32 Å². The van der Waals surface area contributed by atoms with Gasteiger partial charge in [-0.1, -0.05) is 0 Å².